The van der Waals surface area contributed by atoms with Crippen LogP contribution in [0.1, 0.15) is 36.0 Å². The molecule has 25 heavy (non-hydrogen) atoms. The monoisotopic (exact) mass is 343 g/mol. The Balaban J connectivity index is 1.34. The van der Waals surface area contributed by atoms with Crippen LogP contribution in [0.15, 0.2) is 24.7 Å². The van der Waals surface area contributed by atoms with Gasteiger partial charge in [-0.25, -0.2) is 9.50 Å². The van der Waals surface area contributed by atoms with E-state index in [9.17, 15) is 9.59 Å². The molecule has 8 heteroatoms. The van der Waals surface area contributed by atoms with Crippen molar-refractivity contribution in [2.45, 2.75) is 37.8 Å². The van der Waals surface area contributed by atoms with Crippen molar-refractivity contribution in [3.63, 3.8) is 0 Å². The smallest absolute Gasteiger partial charge is 0.317 e. The summed E-state index contributed by atoms with van der Waals surface area (Å²) in [7, 11) is 0. The van der Waals surface area contributed by atoms with Crippen LogP contribution in [-0.2, 0) is 4.79 Å². The van der Waals surface area contributed by atoms with Crippen LogP contribution < -0.4 is 5.32 Å². The average Bonchev–Trinajstić information content (AvgIpc) is 3.24. The van der Waals surface area contributed by atoms with E-state index in [-0.39, 0.29) is 24.5 Å². The number of hydrogen-bond acceptors (Lipinski definition) is 5. The van der Waals surface area contributed by atoms with Crippen molar-refractivity contribution >= 4 is 17.5 Å². The molecule has 0 unspecified atom stereocenters. The van der Waals surface area contributed by atoms with Crippen LogP contribution >= 0.6 is 0 Å². The van der Waals surface area contributed by atoms with Gasteiger partial charge in [-0.05, 0) is 37.7 Å². The summed E-state index contributed by atoms with van der Waals surface area (Å²) in [5.74, 6) is -0.312. The molecule has 2 fully saturated rings. The second kappa shape index (κ2) is 6.44. The number of nitrogens with one attached hydrogen (secondary N) is 1. The second-order valence-electron chi connectivity index (χ2n) is 7.01. The predicted molar refractivity (Wildman–Crippen MR) is 89.2 cm³/mol. The zero-order valence-electron chi connectivity index (χ0n) is 13.8. The molecule has 2 aliphatic rings. The lowest BCUT2D eigenvalue weighted by Crippen LogP contribution is -2.55. The maximum Gasteiger partial charge on any atom is 0.317 e. The van der Waals surface area contributed by atoms with E-state index in [0.717, 1.165) is 19.4 Å². The number of aromatic nitrogens is 3. The third-order valence-electron chi connectivity index (χ3n) is 5.02. The lowest BCUT2D eigenvalue weighted by Gasteiger charge is -2.42. The number of carbonyl (C=O) groups excluding carboxylic acids is 1. The third kappa shape index (κ3) is 3.48. The maximum atomic E-state index is 12.5. The number of carbonyl (C=O) groups is 2. The Morgan fingerprint density at radius 3 is 2.88 bits per heavy atom. The number of fused-ring (bicyclic) bond motifs is 1. The molecule has 0 saturated heterocycles. The number of amides is 1. The number of nitrogens with zero attached hydrogens (tertiary/aromatic N) is 4. The van der Waals surface area contributed by atoms with E-state index in [1.807, 2.05) is 0 Å². The first-order valence-corrected chi connectivity index (χ1v) is 8.65. The highest BCUT2D eigenvalue weighted by Crippen LogP contribution is 2.33. The Kier molecular flexibility index (Phi) is 4.12. The van der Waals surface area contributed by atoms with E-state index in [0.29, 0.717) is 17.1 Å². The van der Waals surface area contributed by atoms with Gasteiger partial charge in [-0.2, -0.15) is 5.10 Å². The molecule has 0 bridgehead atoms. The van der Waals surface area contributed by atoms with Crippen LogP contribution in [0.4, 0.5) is 0 Å². The highest BCUT2D eigenvalue weighted by molar-refractivity contribution is 5.99. The van der Waals surface area contributed by atoms with E-state index in [1.54, 1.807) is 23.0 Å². The normalized spacial score (nSPS) is 22.8. The quantitative estimate of drug-likeness (QED) is 0.771. The van der Waals surface area contributed by atoms with Gasteiger partial charge >= 0.3 is 5.97 Å². The summed E-state index contributed by atoms with van der Waals surface area (Å²) in [6.45, 7) is 0.940. The van der Waals surface area contributed by atoms with E-state index < -0.39 is 5.97 Å². The van der Waals surface area contributed by atoms with E-state index >= 15 is 0 Å². The topological polar surface area (TPSA) is 99.8 Å². The highest BCUT2D eigenvalue weighted by Gasteiger charge is 2.38. The molecule has 2 heterocycles. The summed E-state index contributed by atoms with van der Waals surface area (Å²) >= 11 is 0. The molecule has 0 atom stereocenters. The minimum atomic E-state index is -0.787. The van der Waals surface area contributed by atoms with Crippen molar-refractivity contribution in [1.29, 1.82) is 0 Å². The molecule has 2 saturated carbocycles. The number of hydrogen-bond donors (Lipinski definition) is 2. The predicted octanol–water partition coefficient (Wildman–Crippen LogP) is 0.787. The zero-order valence-corrected chi connectivity index (χ0v) is 13.8. The Morgan fingerprint density at radius 2 is 2.16 bits per heavy atom. The van der Waals surface area contributed by atoms with Crippen LogP contribution in [0, 0.1) is 5.92 Å². The molecule has 8 nitrogen and oxygen atoms in total. The number of aliphatic carboxylic acids is 1. The van der Waals surface area contributed by atoms with Gasteiger partial charge in [0.25, 0.3) is 5.91 Å². The van der Waals surface area contributed by atoms with Gasteiger partial charge < -0.3 is 10.4 Å². The summed E-state index contributed by atoms with van der Waals surface area (Å²) < 4.78 is 1.57. The number of carboxylic acid groups (broad SMARTS) is 1. The second-order valence-corrected chi connectivity index (χ2v) is 7.01. The van der Waals surface area contributed by atoms with Gasteiger partial charge in [0.15, 0.2) is 5.65 Å². The SMILES string of the molecule is O=C(O)CN(CC1CC1)C1CC(NC(=O)c2cnn3cccnc23)C1. The molecule has 4 rings (SSSR count). The molecule has 2 aromatic rings. The number of rotatable bonds is 7. The fraction of sp³-hybridized carbons (Fsp3) is 0.529. The fourth-order valence-electron chi connectivity index (χ4n) is 3.40. The van der Waals surface area contributed by atoms with E-state index in [1.165, 1.54) is 19.0 Å². The zero-order chi connectivity index (χ0) is 17.4. The molecule has 1 amide bonds. The molecule has 2 N–H and O–H groups in total. The Labute approximate surface area is 144 Å². The lowest BCUT2D eigenvalue weighted by atomic mass is 9.85. The van der Waals surface area contributed by atoms with Crippen molar-refractivity contribution in [2.24, 2.45) is 5.92 Å². The maximum absolute atomic E-state index is 12.5. The van der Waals surface area contributed by atoms with Crippen LogP contribution in [0.3, 0.4) is 0 Å². The highest BCUT2D eigenvalue weighted by atomic mass is 16.4. The molecule has 0 radical (unpaired) electrons. The van der Waals surface area contributed by atoms with Gasteiger partial charge in [-0.1, -0.05) is 0 Å². The first-order chi connectivity index (χ1) is 12.1. The van der Waals surface area contributed by atoms with Gasteiger partial charge in [0.2, 0.25) is 0 Å². The molecule has 0 spiro atoms. The molecular formula is C17H21N5O3. The first-order valence-electron chi connectivity index (χ1n) is 8.65. The largest absolute Gasteiger partial charge is 0.480 e. The van der Waals surface area contributed by atoms with E-state index in [2.05, 4.69) is 20.3 Å². The summed E-state index contributed by atoms with van der Waals surface area (Å²) in [6.07, 6.45) is 8.89. The summed E-state index contributed by atoms with van der Waals surface area (Å²) in [4.78, 5) is 29.8. The van der Waals surface area contributed by atoms with Crippen molar-refractivity contribution in [2.75, 3.05) is 13.1 Å². The van der Waals surface area contributed by atoms with Crippen LogP contribution in [0.5, 0.6) is 0 Å². The molecule has 132 valence electrons. The third-order valence-corrected chi connectivity index (χ3v) is 5.02. The van der Waals surface area contributed by atoms with Gasteiger partial charge in [0.1, 0.15) is 5.56 Å². The minimum absolute atomic E-state index is 0.0756. The van der Waals surface area contributed by atoms with Gasteiger partial charge in [-0.3, -0.25) is 14.5 Å². The van der Waals surface area contributed by atoms with Crippen LogP contribution in [0.2, 0.25) is 0 Å². The van der Waals surface area contributed by atoms with E-state index in [4.69, 9.17) is 5.11 Å². The van der Waals surface area contributed by atoms with Crippen molar-refractivity contribution in [1.82, 2.24) is 24.8 Å². The first kappa shape index (κ1) is 16.0. The standard InChI is InChI=1S/C17H21N5O3/c23-15(24)10-21(9-11-2-3-11)13-6-12(7-13)20-17(25)14-8-19-22-5-1-4-18-16(14)22/h1,4-5,8,11-13H,2-3,6-7,9-10H2,(H,20,25)(H,23,24). The minimum Gasteiger partial charge on any atom is -0.480 e. The molecule has 0 aromatic carbocycles. The fourth-order valence-corrected chi connectivity index (χ4v) is 3.40. The van der Waals surface area contributed by atoms with Crippen LogP contribution in [-0.4, -0.2) is 61.7 Å². The van der Waals surface area contributed by atoms with Gasteiger partial charge in [-0.15, -0.1) is 0 Å². The van der Waals surface area contributed by atoms with Crippen molar-refractivity contribution < 1.29 is 14.7 Å². The van der Waals surface area contributed by atoms with Gasteiger partial charge in [0, 0.05) is 31.0 Å². The average molecular weight is 343 g/mol. The Bertz CT molecular complexity index is 794. The summed E-state index contributed by atoms with van der Waals surface area (Å²) in [5.41, 5.74) is 1.00. The van der Waals surface area contributed by atoms with Crippen LogP contribution in [0.25, 0.3) is 5.65 Å². The lowest BCUT2D eigenvalue weighted by molar-refractivity contribution is -0.139. The van der Waals surface area contributed by atoms with Crippen molar-refractivity contribution in [3.8, 4) is 0 Å². The van der Waals surface area contributed by atoms with Gasteiger partial charge in [0.05, 0.1) is 12.7 Å². The summed E-state index contributed by atoms with van der Waals surface area (Å²) in [5, 5.41) is 16.2. The molecule has 0 aliphatic heterocycles. The van der Waals surface area contributed by atoms with Crippen molar-refractivity contribution in [3.05, 3.63) is 30.2 Å². The molecule has 2 aromatic heterocycles. The Hall–Kier alpha value is -2.48. The molecular weight excluding hydrogens is 322 g/mol. The molecule has 2 aliphatic carbocycles. The Morgan fingerprint density at radius 1 is 1.36 bits per heavy atom. The number of carboxylic acids is 1. The summed E-state index contributed by atoms with van der Waals surface area (Å²) in [6, 6.07) is 2.07.